The van der Waals surface area contributed by atoms with Crippen molar-refractivity contribution in [2.45, 2.75) is 40.0 Å². The molecule has 17 heavy (non-hydrogen) atoms. The van der Waals surface area contributed by atoms with Gasteiger partial charge in [-0.05, 0) is 12.8 Å². The molecule has 1 rings (SSSR count). The van der Waals surface area contributed by atoms with Crippen LogP contribution in [0.4, 0.5) is 0 Å². The molecule has 0 radical (unpaired) electrons. The van der Waals surface area contributed by atoms with Crippen LogP contribution in [0.5, 0.6) is 0 Å². The van der Waals surface area contributed by atoms with Crippen molar-refractivity contribution in [2.24, 2.45) is 5.41 Å². The first-order valence-electron chi connectivity index (χ1n) is 6.01. The molecule has 0 spiro atoms. The number of carbonyl (C=O) groups excluding carboxylic acids is 1. The molecule has 1 aliphatic heterocycles. The van der Waals surface area contributed by atoms with Crippen molar-refractivity contribution in [3.05, 3.63) is 0 Å². The van der Waals surface area contributed by atoms with Gasteiger partial charge in [-0.25, -0.2) is 0 Å². The number of hydrogen-bond acceptors (Lipinski definition) is 3. The van der Waals surface area contributed by atoms with Gasteiger partial charge in [0, 0.05) is 18.5 Å². The van der Waals surface area contributed by atoms with Crippen molar-refractivity contribution in [1.82, 2.24) is 9.03 Å². The minimum Gasteiger partial charge on any atom is -0.298 e. The van der Waals surface area contributed by atoms with Crippen LogP contribution >= 0.6 is 0 Å². The molecule has 1 aliphatic rings. The third kappa shape index (κ3) is 4.37. The van der Waals surface area contributed by atoms with Gasteiger partial charge >= 0.3 is 0 Å². The maximum Gasteiger partial charge on any atom is 0.279 e. The molecule has 6 heteroatoms. The van der Waals surface area contributed by atoms with Crippen LogP contribution in [0.2, 0.25) is 0 Å². The Morgan fingerprint density at radius 2 is 1.71 bits per heavy atom. The lowest BCUT2D eigenvalue weighted by molar-refractivity contribution is -0.125. The monoisotopic (exact) mass is 262 g/mol. The Bertz CT molecular complexity index is 365. The molecule has 100 valence electrons. The number of piperidine rings is 1. The van der Waals surface area contributed by atoms with E-state index in [0.717, 1.165) is 19.3 Å². The van der Waals surface area contributed by atoms with Crippen LogP contribution in [-0.4, -0.2) is 38.1 Å². The first-order chi connectivity index (χ1) is 7.73. The van der Waals surface area contributed by atoms with E-state index in [1.807, 2.05) is 0 Å². The highest BCUT2D eigenvalue weighted by atomic mass is 32.2. The van der Waals surface area contributed by atoms with E-state index < -0.39 is 15.6 Å². The zero-order chi connectivity index (χ0) is 13.1. The van der Waals surface area contributed by atoms with E-state index in [0.29, 0.717) is 13.1 Å². The first-order valence-corrected chi connectivity index (χ1v) is 7.45. The average molecular weight is 262 g/mol. The van der Waals surface area contributed by atoms with Gasteiger partial charge in [0.2, 0.25) is 0 Å². The molecule has 0 aromatic rings. The molecule has 1 N–H and O–H groups in total. The van der Waals surface area contributed by atoms with Gasteiger partial charge in [-0.15, -0.1) is 0 Å². The summed E-state index contributed by atoms with van der Waals surface area (Å²) in [5, 5.41) is 0. The zero-order valence-electron chi connectivity index (χ0n) is 10.8. The second-order valence-corrected chi connectivity index (χ2v) is 7.21. The number of Topliss-reactive ketones (excluding diaryl/α,β-unsaturated/α-hetero) is 1. The fourth-order valence-electron chi connectivity index (χ4n) is 1.62. The summed E-state index contributed by atoms with van der Waals surface area (Å²) in [6.45, 7) is 6.33. The molecule has 0 aromatic heterocycles. The van der Waals surface area contributed by atoms with E-state index in [9.17, 15) is 13.2 Å². The summed E-state index contributed by atoms with van der Waals surface area (Å²) in [6.07, 6.45) is 2.87. The Morgan fingerprint density at radius 1 is 1.18 bits per heavy atom. The smallest absolute Gasteiger partial charge is 0.279 e. The lowest BCUT2D eigenvalue weighted by atomic mass is 9.91. The highest BCUT2D eigenvalue weighted by Gasteiger charge is 2.27. The number of carbonyl (C=O) groups is 1. The second kappa shape index (κ2) is 5.46. The minimum atomic E-state index is -3.48. The van der Waals surface area contributed by atoms with Gasteiger partial charge < -0.3 is 0 Å². The molecule has 5 nitrogen and oxygen atoms in total. The molecule has 0 unspecified atom stereocenters. The molecule has 0 aromatic carbocycles. The van der Waals surface area contributed by atoms with E-state index in [-0.39, 0.29) is 12.3 Å². The van der Waals surface area contributed by atoms with E-state index in [4.69, 9.17) is 0 Å². The van der Waals surface area contributed by atoms with E-state index in [1.54, 1.807) is 20.8 Å². The quantitative estimate of drug-likeness (QED) is 0.819. The predicted molar refractivity (Wildman–Crippen MR) is 66.8 cm³/mol. The summed E-state index contributed by atoms with van der Waals surface area (Å²) in [5.41, 5.74) is -0.510. The third-order valence-corrected chi connectivity index (χ3v) is 4.46. The standard InChI is InChI=1S/C11H22N2O3S/c1-11(2,3)10(14)9-12-17(15,16)13-7-5-4-6-8-13/h12H,4-9H2,1-3H3. The van der Waals surface area contributed by atoms with Gasteiger partial charge in [0.1, 0.15) is 0 Å². The molecule has 0 saturated carbocycles. The van der Waals surface area contributed by atoms with Gasteiger partial charge in [0.15, 0.2) is 5.78 Å². The van der Waals surface area contributed by atoms with Crippen LogP contribution in [-0.2, 0) is 15.0 Å². The topological polar surface area (TPSA) is 66.5 Å². The van der Waals surface area contributed by atoms with Crippen LogP contribution in [0.1, 0.15) is 40.0 Å². The summed E-state index contributed by atoms with van der Waals surface area (Å²) < 4.78 is 27.6. The van der Waals surface area contributed by atoms with Gasteiger partial charge in [0.25, 0.3) is 10.2 Å². The first kappa shape index (κ1) is 14.6. The second-order valence-electron chi connectivity index (χ2n) is 5.46. The summed E-state index contributed by atoms with van der Waals surface area (Å²) in [5.74, 6) is -0.0990. The fraction of sp³-hybridized carbons (Fsp3) is 0.909. The maximum atomic E-state index is 11.9. The highest BCUT2D eigenvalue weighted by Crippen LogP contribution is 2.15. The Labute approximate surface area is 104 Å². The summed E-state index contributed by atoms with van der Waals surface area (Å²) in [7, 11) is -3.48. The van der Waals surface area contributed by atoms with E-state index >= 15 is 0 Å². The molecule has 0 amide bonds. The van der Waals surface area contributed by atoms with E-state index in [2.05, 4.69) is 4.72 Å². The number of rotatable bonds is 4. The van der Waals surface area contributed by atoms with Crippen molar-refractivity contribution >= 4 is 16.0 Å². The van der Waals surface area contributed by atoms with Gasteiger partial charge in [-0.2, -0.15) is 17.4 Å². The van der Waals surface area contributed by atoms with Crippen LogP contribution in [0, 0.1) is 5.41 Å². The predicted octanol–water partition coefficient (Wildman–Crippen LogP) is 0.922. The molecular weight excluding hydrogens is 240 g/mol. The normalized spacial score (nSPS) is 19.2. The molecule has 1 saturated heterocycles. The van der Waals surface area contributed by atoms with E-state index in [1.165, 1.54) is 4.31 Å². The lowest BCUT2D eigenvalue weighted by Crippen LogP contribution is -2.46. The summed E-state index contributed by atoms with van der Waals surface area (Å²) in [4.78, 5) is 11.6. The number of nitrogens with zero attached hydrogens (tertiary/aromatic N) is 1. The van der Waals surface area contributed by atoms with Crippen molar-refractivity contribution < 1.29 is 13.2 Å². The molecular formula is C11H22N2O3S. The van der Waals surface area contributed by atoms with Crippen molar-refractivity contribution in [3.63, 3.8) is 0 Å². The van der Waals surface area contributed by atoms with Crippen molar-refractivity contribution in [1.29, 1.82) is 0 Å². The molecule has 1 heterocycles. The van der Waals surface area contributed by atoms with Crippen LogP contribution in [0.3, 0.4) is 0 Å². The van der Waals surface area contributed by atoms with Crippen LogP contribution in [0.15, 0.2) is 0 Å². The maximum absolute atomic E-state index is 11.9. The third-order valence-electron chi connectivity index (χ3n) is 2.91. The molecule has 0 atom stereocenters. The fourth-order valence-corrected chi connectivity index (χ4v) is 2.85. The van der Waals surface area contributed by atoms with Crippen molar-refractivity contribution in [2.75, 3.05) is 19.6 Å². The highest BCUT2D eigenvalue weighted by molar-refractivity contribution is 7.87. The molecule has 0 bridgehead atoms. The number of ketones is 1. The van der Waals surface area contributed by atoms with Gasteiger partial charge in [-0.3, -0.25) is 4.79 Å². The number of hydrogen-bond donors (Lipinski definition) is 1. The van der Waals surface area contributed by atoms with Crippen LogP contribution < -0.4 is 4.72 Å². The van der Waals surface area contributed by atoms with Crippen LogP contribution in [0.25, 0.3) is 0 Å². The largest absolute Gasteiger partial charge is 0.298 e. The number of nitrogens with one attached hydrogen (secondary N) is 1. The summed E-state index contributed by atoms with van der Waals surface area (Å²) >= 11 is 0. The minimum absolute atomic E-state index is 0.0990. The lowest BCUT2D eigenvalue weighted by Gasteiger charge is -2.26. The summed E-state index contributed by atoms with van der Waals surface area (Å²) in [6, 6.07) is 0. The molecule has 1 fully saturated rings. The SMILES string of the molecule is CC(C)(C)C(=O)CNS(=O)(=O)N1CCCCC1. The van der Waals surface area contributed by atoms with Gasteiger partial charge in [0.05, 0.1) is 6.54 Å². The zero-order valence-corrected chi connectivity index (χ0v) is 11.6. The molecule has 0 aliphatic carbocycles. The Morgan fingerprint density at radius 3 is 2.18 bits per heavy atom. The Balaban J connectivity index is 2.52. The Hall–Kier alpha value is -0.460. The van der Waals surface area contributed by atoms with Crippen molar-refractivity contribution in [3.8, 4) is 0 Å². The van der Waals surface area contributed by atoms with Gasteiger partial charge in [-0.1, -0.05) is 27.2 Å². The average Bonchev–Trinajstić information content (AvgIpc) is 2.26. The Kier molecular flexibility index (Phi) is 4.69.